The average molecular weight is 653 g/mol. The summed E-state index contributed by atoms with van der Waals surface area (Å²) in [4.78, 5) is 37.2. The Kier molecular flexibility index (Phi) is 32.2. The lowest BCUT2D eigenvalue weighted by Gasteiger charge is -2.18. The molecule has 1 atom stereocenters. The summed E-state index contributed by atoms with van der Waals surface area (Å²) in [6.07, 6.45) is 28.4. The van der Waals surface area contributed by atoms with E-state index in [2.05, 4.69) is 34.6 Å². The second-order valence-corrected chi connectivity index (χ2v) is 14.5. The van der Waals surface area contributed by atoms with Crippen LogP contribution in [0, 0.1) is 11.8 Å². The first kappa shape index (κ1) is 44.4. The molecule has 0 aromatic carbocycles. The largest absolute Gasteiger partial charge is 0.462 e. The number of hydrogen-bond donors (Lipinski definition) is 0. The normalized spacial score (nSPS) is 12.1. The van der Waals surface area contributed by atoms with E-state index in [1.807, 2.05) is 0 Å². The molecule has 0 amide bonds. The summed E-state index contributed by atoms with van der Waals surface area (Å²) in [5, 5.41) is 0. The molecular formula is C40H76O6. The van der Waals surface area contributed by atoms with Gasteiger partial charge in [0, 0.05) is 19.3 Å². The van der Waals surface area contributed by atoms with E-state index in [4.69, 9.17) is 14.2 Å². The Hall–Kier alpha value is -1.59. The SMILES string of the molecule is CCCCCCCC(=O)OC[C@@H](COC(=O)CCCCCCCCCCCCC(C)C)OC(=O)CCCCCCCCCC(C)C. The maximum atomic E-state index is 12.6. The van der Waals surface area contributed by atoms with Crippen molar-refractivity contribution < 1.29 is 28.6 Å². The van der Waals surface area contributed by atoms with E-state index in [0.29, 0.717) is 19.3 Å². The minimum Gasteiger partial charge on any atom is -0.462 e. The molecule has 0 radical (unpaired) electrons. The van der Waals surface area contributed by atoms with Crippen molar-refractivity contribution in [3.8, 4) is 0 Å². The maximum Gasteiger partial charge on any atom is 0.306 e. The van der Waals surface area contributed by atoms with Crippen molar-refractivity contribution in [3.05, 3.63) is 0 Å². The van der Waals surface area contributed by atoms with Crippen LogP contribution in [0.25, 0.3) is 0 Å². The number of carbonyl (C=O) groups is 3. The van der Waals surface area contributed by atoms with Gasteiger partial charge in [0.2, 0.25) is 0 Å². The Morgan fingerprint density at radius 1 is 0.413 bits per heavy atom. The molecule has 0 N–H and O–H groups in total. The second kappa shape index (κ2) is 33.3. The fraction of sp³-hybridized carbons (Fsp3) is 0.925. The second-order valence-electron chi connectivity index (χ2n) is 14.5. The lowest BCUT2D eigenvalue weighted by Crippen LogP contribution is -2.30. The summed E-state index contributed by atoms with van der Waals surface area (Å²) in [6, 6.07) is 0. The zero-order valence-corrected chi connectivity index (χ0v) is 31.2. The van der Waals surface area contributed by atoms with E-state index in [0.717, 1.165) is 76.0 Å². The van der Waals surface area contributed by atoms with Gasteiger partial charge in [0.15, 0.2) is 6.10 Å². The van der Waals surface area contributed by atoms with Gasteiger partial charge in [0.25, 0.3) is 0 Å². The van der Waals surface area contributed by atoms with Gasteiger partial charge in [0.05, 0.1) is 0 Å². The van der Waals surface area contributed by atoms with Crippen molar-refractivity contribution in [1.82, 2.24) is 0 Å². The first-order chi connectivity index (χ1) is 22.2. The highest BCUT2D eigenvalue weighted by atomic mass is 16.6. The smallest absolute Gasteiger partial charge is 0.306 e. The summed E-state index contributed by atoms with van der Waals surface area (Å²) in [6.45, 7) is 11.2. The molecule has 0 saturated heterocycles. The zero-order valence-electron chi connectivity index (χ0n) is 31.2. The summed E-state index contributed by atoms with van der Waals surface area (Å²) >= 11 is 0. The molecule has 0 rings (SSSR count). The van der Waals surface area contributed by atoms with Gasteiger partial charge in [-0.25, -0.2) is 0 Å². The first-order valence-electron chi connectivity index (χ1n) is 19.7. The monoisotopic (exact) mass is 653 g/mol. The molecule has 0 bridgehead atoms. The molecule has 0 aliphatic rings. The van der Waals surface area contributed by atoms with Crippen LogP contribution in [0.2, 0.25) is 0 Å². The van der Waals surface area contributed by atoms with Crippen LogP contribution in [0.3, 0.4) is 0 Å². The fourth-order valence-corrected chi connectivity index (χ4v) is 5.69. The van der Waals surface area contributed by atoms with Crippen molar-refractivity contribution in [2.24, 2.45) is 11.8 Å². The van der Waals surface area contributed by atoms with Gasteiger partial charge in [0.1, 0.15) is 13.2 Å². The number of ether oxygens (including phenoxy) is 3. The van der Waals surface area contributed by atoms with Gasteiger partial charge in [-0.2, -0.15) is 0 Å². The van der Waals surface area contributed by atoms with Crippen LogP contribution in [0.1, 0.15) is 208 Å². The molecule has 0 fully saturated rings. The van der Waals surface area contributed by atoms with Crippen molar-refractivity contribution in [2.45, 2.75) is 214 Å². The fourth-order valence-electron chi connectivity index (χ4n) is 5.69. The molecule has 0 aliphatic heterocycles. The molecule has 6 heteroatoms. The molecule has 272 valence electrons. The Balaban J connectivity index is 4.25. The molecular weight excluding hydrogens is 576 g/mol. The third-order valence-electron chi connectivity index (χ3n) is 8.72. The molecule has 6 nitrogen and oxygen atoms in total. The highest BCUT2D eigenvalue weighted by Crippen LogP contribution is 2.15. The van der Waals surface area contributed by atoms with Gasteiger partial charge in [-0.3, -0.25) is 14.4 Å². The van der Waals surface area contributed by atoms with Crippen LogP contribution < -0.4 is 0 Å². The van der Waals surface area contributed by atoms with Crippen molar-refractivity contribution in [1.29, 1.82) is 0 Å². The third-order valence-corrected chi connectivity index (χ3v) is 8.72. The molecule has 0 unspecified atom stereocenters. The lowest BCUT2D eigenvalue weighted by molar-refractivity contribution is -0.167. The van der Waals surface area contributed by atoms with Crippen LogP contribution in [0.5, 0.6) is 0 Å². The van der Waals surface area contributed by atoms with Gasteiger partial charge < -0.3 is 14.2 Å². The molecule has 0 aromatic rings. The van der Waals surface area contributed by atoms with E-state index in [1.165, 1.54) is 89.9 Å². The highest BCUT2D eigenvalue weighted by Gasteiger charge is 2.19. The lowest BCUT2D eigenvalue weighted by atomic mass is 10.0. The predicted octanol–water partition coefficient (Wildman–Crippen LogP) is 11.8. The first-order valence-corrected chi connectivity index (χ1v) is 19.7. The summed E-state index contributed by atoms with van der Waals surface area (Å²) in [7, 11) is 0. The topological polar surface area (TPSA) is 78.9 Å². The van der Waals surface area contributed by atoms with Gasteiger partial charge in [-0.15, -0.1) is 0 Å². The summed E-state index contributed by atoms with van der Waals surface area (Å²) < 4.78 is 16.5. The number of hydrogen-bond acceptors (Lipinski definition) is 6. The minimum absolute atomic E-state index is 0.0676. The van der Waals surface area contributed by atoms with Crippen LogP contribution >= 0.6 is 0 Å². The number of esters is 3. The molecule has 0 aliphatic carbocycles. The number of rotatable bonds is 34. The van der Waals surface area contributed by atoms with Gasteiger partial charge >= 0.3 is 17.9 Å². The third kappa shape index (κ3) is 33.8. The Bertz CT molecular complexity index is 704. The van der Waals surface area contributed by atoms with E-state index >= 15 is 0 Å². The quantitative estimate of drug-likeness (QED) is 0.0391. The Labute approximate surface area is 285 Å². The molecule has 0 heterocycles. The van der Waals surface area contributed by atoms with Gasteiger partial charge in [-0.05, 0) is 31.1 Å². The standard InChI is InChI=1S/C40H76O6/c1-6-7-8-18-25-30-38(41)44-33-37(46-40(43)32-27-22-17-13-15-20-24-29-36(4)5)34-45-39(42)31-26-21-16-12-10-9-11-14-19-23-28-35(2)3/h35-37H,6-34H2,1-5H3/t37-/m0/s1. The van der Waals surface area contributed by atoms with Crippen molar-refractivity contribution in [2.75, 3.05) is 13.2 Å². The van der Waals surface area contributed by atoms with Gasteiger partial charge in [-0.1, -0.05) is 169 Å². The van der Waals surface area contributed by atoms with Crippen LogP contribution in [0.15, 0.2) is 0 Å². The Morgan fingerprint density at radius 2 is 0.717 bits per heavy atom. The number of unbranched alkanes of at least 4 members (excludes halogenated alkanes) is 19. The average Bonchev–Trinajstić information content (AvgIpc) is 3.01. The van der Waals surface area contributed by atoms with Crippen LogP contribution in [-0.4, -0.2) is 37.2 Å². The van der Waals surface area contributed by atoms with Crippen molar-refractivity contribution in [3.63, 3.8) is 0 Å². The molecule has 0 spiro atoms. The molecule has 46 heavy (non-hydrogen) atoms. The predicted molar refractivity (Wildman–Crippen MR) is 192 cm³/mol. The van der Waals surface area contributed by atoms with Crippen molar-refractivity contribution >= 4 is 17.9 Å². The maximum absolute atomic E-state index is 12.6. The zero-order chi connectivity index (χ0) is 34.1. The highest BCUT2D eigenvalue weighted by molar-refractivity contribution is 5.71. The van der Waals surface area contributed by atoms with Crippen LogP contribution in [0.4, 0.5) is 0 Å². The minimum atomic E-state index is -0.758. The van der Waals surface area contributed by atoms with E-state index in [9.17, 15) is 14.4 Å². The summed E-state index contributed by atoms with van der Waals surface area (Å²) in [5.41, 5.74) is 0. The molecule has 0 saturated carbocycles. The molecule has 0 aromatic heterocycles. The van der Waals surface area contributed by atoms with E-state index < -0.39 is 6.10 Å². The van der Waals surface area contributed by atoms with Crippen LogP contribution in [-0.2, 0) is 28.6 Å². The van der Waals surface area contributed by atoms with E-state index in [-0.39, 0.29) is 31.1 Å². The number of carbonyl (C=O) groups excluding carboxylic acids is 3. The Morgan fingerprint density at radius 3 is 1.07 bits per heavy atom. The summed E-state index contributed by atoms with van der Waals surface area (Å²) in [5.74, 6) is 0.714. The van der Waals surface area contributed by atoms with E-state index in [1.54, 1.807) is 0 Å².